The van der Waals surface area contributed by atoms with Crippen LogP contribution in [0.3, 0.4) is 0 Å². The highest BCUT2D eigenvalue weighted by atomic mass is 32.1. The summed E-state index contributed by atoms with van der Waals surface area (Å²) in [5.41, 5.74) is 0.160. The lowest BCUT2D eigenvalue weighted by molar-refractivity contribution is -0.123. The van der Waals surface area contributed by atoms with Gasteiger partial charge in [0.05, 0.1) is 11.3 Å². The van der Waals surface area contributed by atoms with Gasteiger partial charge in [-0.25, -0.2) is 13.6 Å². The molecule has 2 aromatic rings. The van der Waals surface area contributed by atoms with Crippen LogP contribution in [0, 0.1) is 11.6 Å². The number of ether oxygens (including phenoxy) is 1. The van der Waals surface area contributed by atoms with E-state index < -0.39 is 29.6 Å². The van der Waals surface area contributed by atoms with Gasteiger partial charge < -0.3 is 10.1 Å². The van der Waals surface area contributed by atoms with Gasteiger partial charge in [0.25, 0.3) is 5.91 Å². The minimum Gasteiger partial charge on any atom is -0.449 e. The molecule has 1 aromatic carbocycles. The molecular weight excluding hydrogens is 300 g/mol. The number of rotatable bonds is 4. The molecule has 7 heteroatoms. The molecule has 110 valence electrons. The summed E-state index contributed by atoms with van der Waals surface area (Å²) in [6.07, 6.45) is -1.11. The van der Waals surface area contributed by atoms with Crippen molar-refractivity contribution in [3.63, 3.8) is 0 Å². The summed E-state index contributed by atoms with van der Waals surface area (Å²) in [6.45, 7) is 1.36. The van der Waals surface area contributed by atoms with Gasteiger partial charge in [-0.3, -0.25) is 4.79 Å². The van der Waals surface area contributed by atoms with Crippen LogP contribution in [0.15, 0.2) is 35.0 Å². The molecule has 1 N–H and O–H groups in total. The average molecular weight is 311 g/mol. The summed E-state index contributed by atoms with van der Waals surface area (Å²) in [5.74, 6) is -3.00. The zero-order valence-electron chi connectivity index (χ0n) is 10.9. The molecule has 21 heavy (non-hydrogen) atoms. The first kappa shape index (κ1) is 15.1. The van der Waals surface area contributed by atoms with Crippen LogP contribution in [0.25, 0.3) is 0 Å². The fourth-order valence-corrected chi connectivity index (χ4v) is 2.11. The van der Waals surface area contributed by atoms with Crippen LogP contribution in [0.2, 0.25) is 0 Å². The average Bonchev–Trinajstić information content (AvgIpc) is 2.95. The van der Waals surface area contributed by atoms with E-state index in [1.54, 1.807) is 16.8 Å². The fourth-order valence-electron chi connectivity index (χ4n) is 1.49. The van der Waals surface area contributed by atoms with E-state index in [4.69, 9.17) is 4.74 Å². The Labute approximate surface area is 123 Å². The number of carbonyl (C=O) groups excluding carboxylic acids is 2. The van der Waals surface area contributed by atoms with Gasteiger partial charge in [0.1, 0.15) is 11.6 Å². The number of halogens is 2. The summed E-state index contributed by atoms with van der Waals surface area (Å²) < 4.78 is 31.1. The Kier molecular flexibility index (Phi) is 4.64. The van der Waals surface area contributed by atoms with E-state index in [0.717, 1.165) is 12.1 Å². The third-order valence-electron chi connectivity index (χ3n) is 2.60. The van der Waals surface area contributed by atoms with Crippen LogP contribution in [0.5, 0.6) is 0 Å². The van der Waals surface area contributed by atoms with Crippen LogP contribution in [-0.4, -0.2) is 18.0 Å². The summed E-state index contributed by atoms with van der Waals surface area (Å²) >= 11 is 1.32. The van der Waals surface area contributed by atoms with Crippen molar-refractivity contribution in [2.75, 3.05) is 5.32 Å². The Bertz CT molecular complexity index is 658. The monoisotopic (exact) mass is 311 g/mol. The largest absolute Gasteiger partial charge is 0.449 e. The van der Waals surface area contributed by atoms with Crippen LogP contribution >= 0.6 is 11.3 Å². The van der Waals surface area contributed by atoms with Crippen molar-refractivity contribution in [3.8, 4) is 0 Å². The molecule has 0 aliphatic carbocycles. The Hall–Kier alpha value is -2.28. The lowest BCUT2D eigenvalue weighted by atomic mass is 10.2. The second-order valence-electron chi connectivity index (χ2n) is 4.17. The number of carbonyl (C=O) groups is 2. The standard InChI is InChI=1S/C14H11F2NO3S/c1-8(20-14(19)9-4-5-21-7-9)13(18)17-12-3-2-10(15)6-11(12)16/h2-8H,1H3,(H,17,18)/t8-/m0/s1. The summed E-state index contributed by atoms with van der Waals surface area (Å²) in [7, 11) is 0. The minimum atomic E-state index is -1.11. The van der Waals surface area contributed by atoms with E-state index in [-0.39, 0.29) is 5.69 Å². The van der Waals surface area contributed by atoms with E-state index in [2.05, 4.69) is 5.32 Å². The van der Waals surface area contributed by atoms with Gasteiger partial charge in [-0.1, -0.05) is 0 Å². The van der Waals surface area contributed by atoms with E-state index in [9.17, 15) is 18.4 Å². The van der Waals surface area contributed by atoms with Crippen molar-refractivity contribution in [2.45, 2.75) is 13.0 Å². The molecule has 2 rings (SSSR count). The number of thiophene rings is 1. The molecule has 0 radical (unpaired) electrons. The number of amides is 1. The molecule has 1 atom stereocenters. The maximum Gasteiger partial charge on any atom is 0.339 e. The highest BCUT2D eigenvalue weighted by Gasteiger charge is 2.20. The first-order valence-corrected chi connectivity index (χ1v) is 6.90. The predicted molar refractivity (Wildman–Crippen MR) is 74.2 cm³/mol. The van der Waals surface area contributed by atoms with Crippen molar-refractivity contribution >= 4 is 28.9 Å². The third-order valence-corrected chi connectivity index (χ3v) is 3.28. The summed E-state index contributed by atoms with van der Waals surface area (Å²) in [6, 6.07) is 4.33. The second kappa shape index (κ2) is 6.45. The van der Waals surface area contributed by atoms with E-state index in [1.807, 2.05) is 0 Å². The van der Waals surface area contributed by atoms with Gasteiger partial charge in [-0.15, -0.1) is 0 Å². The van der Waals surface area contributed by atoms with Gasteiger partial charge in [0.2, 0.25) is 0 Å². The van der Waals surface area contributed by atoms with E-state index in [1.165, 1.54) is 18.3 Å². The number of anilines is 1. The highest BCUT2D eigenvalue weighted by molar-refractivity contribution is 7.08. The smallest absolute Gasteiger partial charge is 0.339 e. The molecule has 0 spiro atoms. The number of benzene rings is 1. The van der Waals surface area contributed by atoms with Crippen LogP contribution in [0.4, 0.5) is 14.5 Å². The minimum absolute atomic E-state index is 0.181. The Morgan fingerprint density at radius 2 is 2.05 bits per heavy atom. The number of nitrogens with one attached hydrogen (secondary N) is 1. The number of hydrogen-bond donors (Lipinski definition) is 1. The first-order valence-electron chi connectivity index (χ1n) is 5.96. The van der Waals surface area contributed by atoms with Crippen molar-refractivity contribution in [3.05, 3.63) is 52.2 Å². The molecule has 0 unspecified atom stereocenters. The van der Waals surface area contributed by atoms with Gasteiger partial charge >= 0.3 is 5.97 Å². The van der Waals surface area contributed by atoms with E-state index >= 15 is 0 Å². The van der Waals surface area contributed by atoms with Crippen molar-refractivity contribution in [2.24, 2.45) is 0 Å². The molecule has 1 amide bonds. The van der Waals surface area contributed by atoms with Gasteiger partial charge in [-0.05, 0) is 30.5 Å². The lowest BCUT2D eigenvalue weighted by Crippen LogP contribution is -2.30. The molecule has 0 saturated carbocycles. The molecule has 0 bridgehead atoms. The normalized spacial score (nSPS) is 11.8. The highest BCUT2D eigenvalue weighted by Crippen LogP contribution is 2.16. The molecule has 0 aliphatic rings. The van der Waals surface area contributed by atoms with Gasteiger partial charge in [-0.2, -0.15) is 11.3 Å². The zero-order chi connectivity index (χ0) is 15.4. The second-order valence-corrected chi connectivity index (χ2v) is 4.95. The topological polar surface area (TPSA) is 55.4 Å². The predicted octanol–water partition coefficient (Wildman–Crippen LogP) is 3.21. The van der Waals surface area contributed by atoms with Crippen LogP contribution < -0.4 is 5.32 Å². The maximum atomic E-state index is 13.4. The number of esters is 1. The Morgan fingerprint density at radius 3 is 2.67 bits per heavy atom. The molecule has 1 aromatic heterocycles. The Balaban J connectivity index is 1.98. The Morgan fingerprint density at radius 1 is 1.29 bits per heavy atom. The van der Waals surface area contributed by atoms with Gasteiger partial charge in [0, 0.05) is 11.4 Å². The molecule has 0 fully saturated rings. The first-order chi connectivity index (χ1) is 9.97. The quantitative estimate of drug-likeness (QED) is 0.882. The SMILES string of the molecule is C[C@H](OC(=O)c1ccsc1)C(=O)Nc1ccc(F)cc1F. The summed E-state index contributed by atoms with van der Waals surface area (Å²) in [4.78, 5) is 23.5. The molecule has 0 saturated heterocycles. The molecule has 1 heterocycles. The van der Waals surface area contributed by atoms with Crippen LogP contribution in [-0.2, 0) is 9.53 Å². The molecule has 0 aliphatic heterocycles. The fraction of sp³-hybridized carbons (Fsp3) is 0.143. The third kappa shape index (κ3) is 3.85. The molecule has 4 nitrogen and oxygen atoms in total. The zero-order valence-corrected chi connectivity index (χ0v) is 11.7. The maximum absolute atomic E-state index is 13.4. The molecular formula is C14H11F2NO3S. The lowest BCUT2D eigenvalue weighted by Gasteiger charge is -2.13. The van der Waals surface area contributed by atoms with Gasteiger partial charge in [0.15, 0.2) is 6.10 Å². The van der Waals surface area contributed by atoms with Crippen molar-refractivity contribution in [1.29, 1.82) is 0 Å². The van der Waals surface area contributed by atoms with Crippen molar-refractivity contribution < 1.29 is 23.1 Å². The van der Waals surface area contributed by atoms with Crippen molar-refractivity contribution in [1.82, 2.24) is 0 Å². The summed E-state index contributed by atoms with van der Waals surface area (Å²) in [5, 5.41) is 5.53. The number of hydrogen-bond acceptors (Lipinski definition) is 4. The van der Waals surface area contributed by atoms with E-state index in [0.29, 0.717) is 11.6 Å². The van der Waals surface area contributed by atoms with Crippen LogP contribution in [0.1, 0.15) is 17.3 Å².